The Morgan fingerprint density at radius 3 is 2.53 bits per heavy atom. The Morgan fingerprint density at radius 2 is 1.94 bits per heavy atom. The molecule has 0 radical (unpaired) electrons. The van der Waals surface area contributed by atoms with E-state index in [0.717, 1.165) is 5.92 Å². The summed E-state index contributed by atoms with van der Waals surface area (Å²) in [6, 6.07) is 0. The molecular weight excluding hydrogens is 208 g/mol. The lowest BCUT2D eigenvalue weighted by molar-refractivity contribution is -0.141. The summed E-state index contributed by atoms with van der Waals surface area (Å²) in [4.78, 5) is 0. The Morgan fingerprint density at radius 1 is 1.24 bits per heavy atom. The van der Waals surface area contributed by atoms with E-state index in [4.69, 9.17) is 4.74 Å². The summed E-state index contributed by atoms with van der Waals surface area (Å²) in [5.74, 6) is 1.44. The molecule has 0 unspecified atom stereocenters. The van der Waals surface area contributed by atoms with Gasteiger partial charge in [0.1, 0.15) is 0 Å². The van der Waals surface area contributed by atoms with Gasteiger partial charge in [-0.05, 0) is 63.2 Å². The number of ether oxygens (including phenoxy) is 1. The molecule has 2 aliphatic rings. The second kappa shape index (κ2) is 4.42. The summed E-state index contributed by atoms with van der Waals surface area (Å²) in [6.07, 6.45) is 7.92. The molecule has 2 aliphatic carbocycles. The molecule has 0 amide bonds. The zero-order valence-corrected chi connectivity index (χ0v) is 12.0. The van der Waals surface area contributed by atoms with Crippen molar-refractivity contribution in [1.29, 1.82) is 0 Å². The standard InChI is InChI=1S/C16H28O/c1-12(2)13-7-10-15(3)8-6-9-16(4,17-5)14(15)11-13/h13-14H,1,6-11H2,2-5H3/t13-,14-,15-,16+/m1/s1. The fourth-order valence-electron chi connectivity index (χ4n) is 4.36. The minimum atomic E-state index is 0.0983. The molecule has 2 rings (SSSR count). The third kappa shape index (κ3) is 2.19. The molecule has 0 spiro atoms. The molecule has 1 heteroatoms. The zero-order chi connectivity index (χ0) is 12.7. The van der Waals surface area contributed by atoms with Crippen LogP contribution in [0.4, 0.5) is 0 Å². The van der Waals surface area contributed by atoms with E-state index in [0.29, 0.717) is 11.3 Å². The van der Waals surface area contributed by atoms with Crippen molar-refractivity contribution in [1.82, 2.24) is 0 Å². The van der Waals surface area contributed by atoms with Gasteiger partial charge in [0.25, 0.3) is 0 Å². The second-order valence-electron chi connectivity index (χ2n) is 6.89. The first-order valence-electron chi connectivity index (χ1n) is 7.12. The Hall–Kier alpha value is -0.300. The summed E-state index contributed by atoms with van der Waals surface area (Å²) in [5, 5.41) is 0. The zero-order valence-electron chi connectivity index (χ0n) is 12.0. The maximum Gasteiger partial charge on any atom is 0.0684 e. The van der Waals surface area contributed by atoms with E-state index in [9.17, 15) is 0 Å². The molecule has 0 N–H and O–H groups in total. The van der Waals surface area contributed by atoms with Crippen LogP contribution in [0.25, 0.3) is 0 Å². The highest BCUT2D eigenvalue weighted by Crippen LogP contribution is 2.57. The van der Waals surface area contributed by atoms with Gasteiger partial charge in [0.05, 0.1) is 5.60 Å². The Bertz CT molecular complexity index is 299. The van der Waals surface area contributed by atoms with Crippen LogP contribution in [0.5, 0.6) is 0 Å². The highest BCUT2D eigenvalue weighted by atomic mass is 16.5. The molecule has 4 atom stereocenters. The van der Waals surface area contributed by atoms with Gasteiger partial charge >= 0.3 is 0 Å². The van der Waals surface area contributed by atoms with Crippen LogP contribution in [0, 0.1) is 17.3 Å². The van der Waals surface area contributed by atoms with Crippen molar-refractivity contribution in [2.45, 2.75) is 64.9 Å². The maximum absolute atomic E-state index is 5.91. The number of rotatable bonds is 2. The topological polar surface area (TPSA) is 9.23 Å². The average Bonchev–Trinajstić information content (AvgIpc) is 2.28. The number of hydrogen-bond acceptors (Lipinski definition) is 1. The molecule has 0 bridgehead atoms. The first-order valence-corrected chi connectivity index (χ1v) is 7.12. The van der Waals surface area contributed by atoms with E-state index in [1.165, 1.54) is 44.1 Å². The molecular formula is C16H28O. The van der Waals surface area contributed by atoms with Crippen molar-refractivity contribution in [3.63, 3.8) is 0 Å². The van der Waals surface area contributed by atoms with Crippen molar-refractivity contribution in [3.8, 4) is 0 Å². The predicted octanol–water partition coefficient (Wildman–Crippen LogP) is 4.57. The maximum atomic E-state index is 5.91. The average molecular weight is 236 g/mol. The van der Waals surface area contributed by atoms with Crippen LogP contribution in [-0.4, -0.2) is 12.7 Å². The highest BCUT2D eigenvalue weighted by molar-refractivity contribution is 5.08. The number of methoxy groups -OCH3 is 1. The van der Waals surface area contributed by atoms with Gasteiger partial charge < -0.3 is 4.74 Å². The third-order valence-electron chi connectivity index (χ3n) is 5.75. The predicted molar refractivity (Wildman–Crippen MR) is 73.0 cm³/mol. The molecule has 2 saturated carbocycles. The fraction of sp³-hybridized carbons (Fsp3) is 0.875. The largest absolute Gasteiger partial charge is 0.378 e. The molecule has 0 aromatic carbocycles. The SMILES string of the molecule is C=C(C)[C@@H]1CC[C@@]2(C)CCC[C@](C)(OC)[C@@H]2C1. The summed E-state index contributed by atoms with van der Waals surface area (Å²) < 4.78 is 5.91. The Balaban J connectivity index is 2.23. The van der Waals surface area contributed by atoms with Crippen molar-refractivity contribution in [2.75, 3.05) is 7.11 Å². The summed E-state index contributed by atoms with van der Waals surface area (Å²) in [6.45, 7) is 11.2. The van der Waals surface area contributed by atoms with Gasteiger partial charge in [0, 0.05) is 7.11 Å². The monoisotopic (exact) mass is 236 g/mol. The van der Waals surface area contributed by atoms with E-state index in [1.54, 1.807) is 0 Å². The molecule has 0 aliphatic heterocycles. The minimum Gasteiger partial charge on any atom is -0.378 e. The van der Waals surface area contributed by atoms with E-state index in [1.807, 2.05) is 7.11 Å². The first kappa shape index (κ1) is 13.1. The quantitative estimate of drug-likeness (QED) is 0.638. The summed E-state index contributed by atoms with van der Waals surface area (Å²) in [7, 11) is 1.90. The number of fused-ring (bicyclic) bond motifs is 1. The van der Waals surface area contributed by atoms with Gasteiger partial charge in [-0.2, -0.15) is 0 Å². The van der Waals surface area contributed by atoms with Gasteiger partial charge in [0.15, 0.2) is 0 Å². The number of allylic oxidation sites excluding steroid dienone is 1. The number of hydrogen-bond donors (Lipinski definition) is 0. The lowest BCUT2D eigenvalue weighted by Crippen LogP contribution is -2.52. The van der Waals surface area contributed by atoms with E-state index < -0.39 is 0 Å². The van der Waals surface area contributed by atoms with E-state index >= 15 is 0 Å². The second-order valence-corrected chi connectivity index (χ2v) is 6.89. The Kier molecular flexibility index (Phi) is 3.42. The summed E-state index contributed by atoms with van der Waals surface area (Å²) in [5.41, 5.74) is 1.98. The van der Waals surface area contributed by atoms with Crippen LogP contribution in [0.3, 0.4) is 0 Å². The molecule has 1 nitrogen and oxygen atoms in total. The van der Waals surface area contributed by atoms with Crippen molar-refractivity contribution >= 4 is 0 Å². The molecule has 0 saturated heterocycles. The van der Waals surface area contributed by atoms with Crippen LogP contribution in [0.2, 0.25) is 0 Å². The van der Waals surface area contributed by atoms with Gasteiger partial charge in [0.2, 0.25) is 0 Å². The molecule has 0 aromatic heterocycles. The van der Waals surface area contributed by atoms with Crippen molar-refractivity contribution < 1.29 is 4.74 Å². The third-order valence-corrected chi connectivity index (χ3v) is 5.75. The molecule has 0 heterocycles. The Labute approximate surface area is 107 Å². The van der Waals surface area contributed by atoms with Crippen molar-refractivity contribution in [2.24, 2.45) is 17.3 Å². The smallest absolute Gasteiger partial charge is 0.0684 e. The van der Waals surface area contributed by atoms with Crippen molar-refractivity contribution in [3.05, 3.63) is 12.2 Å². The normalized spacial score (nSPS) is 46.4. The van der Waals surface area contributed by atoms with Crippen LogP contribution >= 0.6 is 0 Å². The lowest BCUT2D eigenvalue weighted by atomic mass is 9.53. The van der Waals surface area contributed by atoms with Crippen LogP contribution in [-0.2, 0) is 4.74 Å². The van der Waals surface area contributed by atoms with Gasteiger partial charge in [-0.15, -0.1) is 0 Å². The van der Waals surface area contributed by atoms with Crippen LogP contribution in [0.1, 0.15) is 59.3 Å². The van der Waals surface area contributed by atoms with Crippen LogP contribution in [0.15, 0.2) is 12.2 Å². The van der Waals surface area contributed by atoms with E-state index in [2.05, 4.69) is 27.4 Å². The van der Waals surface area contributed by atoms with Gasteiger partial charge in [-0.3, -0.25) is 0 Å². The lowest BCUT2D eigenvalue weighted by Gasteiger charge is -2.55. The minimum absolute atomic E-state index is 0.0983. The van der Waals surface area contributed by atoms with Gasteiger partial charge in [-0.25, -0.2) is 0 Å². The molecule has 98 valence electrons. The van der Waals surface area contributed by atoms with Crippen LogP contribution < -0.4 is 0 Å². The summed E-state index contributed by atoms with van der Waals surface area (Å²) >= 11 is 0. The van der Waals surface area contributed by atoms with E-state index in [-0.39, 0.29) is 5.60 Å². The highest BCUT2D eigenvalue weighted by Gasteiger charge is 2.51. The molecule has 0 aromatic rings. The molecule has 17 heavy (non-hydrogen) atoms. The fourth-order valence-corrected chi connectivity index (χ4v) is 4.36. The molecule has 2 fully saturated rings. The first-order chi connectivity index (χ1) is 7.91. The van der Waals surface area contributed by atoms with Gasteiger partial charge in [-0.1, -0.05) is 25.5 Å².